The van der Waals surface area contributed by atoms with Gasteiger partial charge in [0, 0.05) is 24.3 Å². The van der Waals surface area contributed by atoms with Crippen LogP contribution in [0.1, 0.15) is 65.6 Å². The Morgan fingerprint density at radius 1 is 1.33 bits per heavy atom. The van der Waals surface area contributed by atoms with Crippen molar-refractivity contribution in [2.75, 3.05) is 13.7 Å². The number of methoxy groups -OCH3 is 1. The molecule has 1 aromatic heterocycles. The Bertz CT molecular complexity index is 548. The summed E-state index contributed by atoms with van der Waals surface area (Å²) in [5, 5.41) is 3.97. The summed E-state index contributed by atoms with van der Waals surface area (Å²) < 4.78 is 9.89. The van der Waals surface area contributed by atoms with E-state index in [1.807, 2.05) is 34.6 Å². The second-order valence-corrected chi connectivity index (χ2v) is 6.97. The maximum atomic E-state index is 12.4. The quantitative estimate of drug-likeness (QED) is 0.676. The fraction of sp³-hybridized carbons (Fsp3) is 0.765. The van der Waals surface area contributed by atoms with Gasteiger partial charge in [-0.3, -0.25) is 9.59 Å². The number of rotatable bonds is 8. The molecule has 1 aromatic rings. The van der Waals surface area contributed by atoms with Crippen LogP contribution in [0.3, 0.4) is 0 Å². The summed E-state index contributed by atoms with van der Waals surface area (Å²) in [5.41, 5.74) is -0.161. The zero-order valence-electron chi connectivity index (χ0n) is 15.6. The van der Waals surface area contributed by atoms with Gasteiger partial charge in [0.1, 0.15) is 6.54 Å². The monoisotopic (exact) mass is 339 g/mol. The Labute approximate surface area is 143 Å². The highest BCUT2D eigenvalue weighted by Gasteiger charge is 2.23. The SMILES string of the molecule is CCC(C)N(CC(=O)OC)C(=O)CCCc1nc(C(C)(C)C)no1. The number of nitrogens with zero attached hydrogens (tertiary/aromatic N) is 3. The summed E-state index contributed by atoms with van der Waals surface area (Å²) in [5.74, 6) is 0.729. The van der Waals surface area contributed by atoms with Crippen LogP contribution in [0.5, 0.6) is 0 Å². The third kappa shape index (κ3) is 5.94. The van der Waals surface area contributed by atoms with Gasteiger partial charge in [-0.05, 0) is 19.8 Å². The number of carbonyl (C=O) groups excluding carboxylic acids is 2. The van der Waals surface area contributed by atoms with Crippen LogP contribution in [0.2, 0.25) is 0 Å². The van der Waals surface area contributed by atoms with Gasteiger partial charge in [-0.2, -0.15) is 4.98 Å². The van der Waals surface area contributed by atoms with Crippen LogP contribution in [-0.4, -0.2) is 46.6 Å². The van der Waals surface area contributed by atoms with Gasteiger partial charge in [0.05, 0.1) is 7.11 Å². The number of esters is 1. The second-order valence-electron chi connectivity index (χ2n) is 6.97. The highest BCUT2D eigenvalue weighted by Crippen LogP contribution is 2.19. The highest BCUT2D eigenvalue weighted by atomic mass is 16.5. The van der Waals surface area contributed by atoms with Crippen molar-refractivity contribution in [2.24, 2.45) is 0 Å². The van der Waals surface area contributed by atoms with Crippen molar-refractivity contribution in [1.82, 2.24) is 15.0 Å². The standard InChI is InChI=1S/C17H29N3O4/c1-7-12(2)20(11-15(22)23-6)14(21)10-8-9-13-18-16(19-24-13)17(3,4)5/h12H,7-11H2,1-6H3. The first kappa shape index (κ1) is 20.1. The molecule has 0 saturated carbocycles. The van der Waals surface area contributed by atoms with Crippen LogP contribution < -0.4 is 0 Å². The number of hydrogen-bond donors (Lipinski definition) is 0. The van der Waals surface area contributed by atoms with E-state index >= 15 is 0 Å². The molecule has 1 unspecified atom stereocenters. The Kier molecular flexibility index (Phi) is 7.38. The average molecular weight is 339 g/mol. The van der Waals surface area contributed by atoms with E-state index in [0.717, 1.165) is 6.42 Å². The van der Waals surface area contributed by atoms with E-state index in [1.54, 1.807) is 4.90 Å². The summed E-state index contributed by atoms with van der Waals surface area (Å²) >= 11 is 0. The molecule has 0 aliphatic heterocycles. The molecule has 0 spiro atoms. The van der Waals surface area contributed by atoms with Gasteiger partial charge < -0.3 is 14.2 Å². The first-order valence-corrected chi connectivity index (χ1v) is 8.38. The number of aromatic nitrogens is 2. The lowest BCUT2D eigenvalue weighted by Gasteiger charge is -2.27. The van der Waals surface area contributed by atoms with Gasteiger partial charge in [-0.1, -0.05) is 32.9 Å². The van der Waals surface area contributed by atoms with Crippen molar-refractivity contribution >= 4 is 11.9 Å². The van der Waals surface area contributed by atoms with Crippen LogP contribution >= 0.6 is 0 Å². The number of hydrogen-bond acceptors (Lipinski definition) is 6. The van der Waals surface area contributed by atoms with Crippen molar-refractivity contribution < 1.29 is 18.8 Å². The normalized spacial score (nSPS) is 12.8. The lowest BCUT2D eigenvalue weighted by Crippen LogP contribution is -2.42. The smallest absolute Gasteiger partial charge is 0.325 e. The second kappa shape index (κ2) is 8.80. The fourth-order valence-electron chi connectivity index (χ4n) is 2.11. The molecule has 1 rings (SSSR count). The molecule has 0 fully saturated rings. The Morgan fingerprint density at radius 3 is 2.50 bits per heavy atom. The summed E-state index contributed by atoms with van der Waals surface area (Å²) in [6.45, 7) is 9.94. The highest BCUT2D eigenvalue weighted by molar-refractivity contribution is 5.82. The molecule has 0 N–H and O–H groups in total. The predicted molar refractivity (Wildman–Crippen MR) is 89.4 cm³/mol. The van der Waals surface area contributed by atoms with Crippen LogP contribution in [0, 0.1) is 0 Å². The Balaban J connectivity index is 2.56. The van der Waals surface area contributed by atoms with Crippen molar-refractivity contribution in [2.45, 2.75) is 71.8 Å². The number of ether oxygens (including phenoxy) is 1. The van der Waals surface area contributed by atoms with Gasteiger partial charge in [0.25, 0.3) is 0 Å². The first-order valence-electron chi connectivity index (χ1n) is 8.38. The van der Waals surface area contributed by atoms with E-state index in [9.17, 15) is 9.59 Å². The van der Waals surface area contributed by atoms with Crippen molar-refractivity contribution in [3.8, 4) is 0 Å². The molecular formula is C17H29N3O4. The van der Waals surface area contributed by atoms with Crippen LogP contribution in [0.25, 0.3) is 0 Å². The maximum absolute atomic E-state index is 12.4. The molecule has 0 aliphatic carbocycles. The minimum Gasteiger partial charge on any atom is -0.468 e. The van der Waals surface area contributed by atoms with E-state index in [4.69, 9.17) is 4.52 Å². The number of amides is 1. The van der Waals surface area contributed by atoms with Gasteiger partial charge >= 0.3 is 5.97 Å². The average Bonchev–Trinajstić information content (AvgIpc) is 3.00. The lowest BCUT2D eigenvalue weighted by molar-refractivity contribution is -0.148. The molecule has 7 heteroatoms. The third-order valence-electron chi connectivity index (χ3n) is 3.89. The molecule has 1 atom stereocenters. The molecule has 0 aliphatic rings. The van der Waals surface area contributed by atoms with Gasteiger partial charge in [0.2, 0.25) is 11.8 Å². The van der Waals surface area contributed by atoms with E-state index in [-0.39, 0.29) is 23.9 Å². The van der Waals surface area contributed by atoms with Crippen molar-refractivity contribution in [3.63, 3.8) is 0 Å². The van der Waals surface area contributed by atoms with E-state index in [2.05, 4.69) is 14.9 Å². The topological polar surface area (TPSA) is 85.5 Å². The van der Waals surface area contributed by atoms with Crippen molar-refractivity contribution in [1.29, 1.82) is 0 Å². The summed E-state index contributed by atoms with van der Waals surface area (Å²) in [6.07, 6.45) is 2.25. The maximum Gasteiger partial charge on any atom is 0.325 e. The zero-order chi connectivity index (χ0) is 18.3. The molecule has 0 saturated heterocycles. The van der Waals surface area contributed by atoms with Crippen LogP contribution in [0.15, 0.2) is 4.52 Å². The van der Waals surface area contributed by atoms with E-state index < -0.39 is 5.97 Å². The third-order valence-corrected chi connectivity index (χ3v) is 3.89. The minimum atomic E-state index is -0.407. The summed E-state index contributed by atoms with van der Waals surface area (Å²) in [7, 11) is 1.32. The summed E-state index contributed by atoms with van der Waals surface area (Å²) in [6, 6.07) is -0.00695. The van der Waals surface area contributed by atoms with Crippen LogP contribution in [0.4, 0.5) is 0 Å². The molecule has 7 nitrogen and oxygen atoms in total. The van der Waals surface area contributed by atoms with Gasteiger partial charge in [-0.25, -0.2) is 0 Å². The first-order chi connectivity index (χ1) is 11.2. The molecule has 24 heavy (non-hydrogen) atoms. The zero-order valence-corrected chi connectivity index (χ0v) is 15.6. The summed E-state index contributed by atoms with van der Waals surface area (Å²) in [4.78, 5) is 29.8. The number of carbonyl (C=O) groups is 2. The largest absolute Gasteiger partial charge is 0.468 e. The number of aryl methyl sites for hydroxylation is 1. The van der Waals surface area contributed by atoms with E-state index in [0.29, 0.717) is 31.0 Å². The predicted octanol–water partition coefficient (Wildman–Crippen LogP) is 2.49. The molecule has 1 amide bonds. The lowest BCUT2D eigenvalue weighted by atomic mass is 9.96. The molecule has 0 aromatic carbocycles. The van der Waals surface area contributed by atoms with Crippen LogP contribution in [-0.2, 0) is 26.2 Å². The van der Waals surface area contributed by atoms with Gasteiger partial charge in [0.15, 0.2) is 5.82 Å². The Hall–Kier alpha value is -1.92. The molecule has 0 bridgehead atoms. The fourth-order valence-corrected chi connectivity index (χ4v) is 2.11. The molecule has 1 heterocycles. The molecular weight excluding hydrogens is 310 g/mol. The van der Waals surface area contributed by atoms with Gasteiger partial charge in [-0.15, -0.1) is 0 Å². The van der Waals surface area contributed by atoms with E-state index in [1.165, 1.54) is 7.11 Å². The molecule has 136 valence electrons. The molecule has 0 radical (unpaired) electrons. The Morgan fingerprint density at radius 2 is 2.00 bits per heavy atom. The minimum absolute atomic E-state index is 0.00695. The van der Waals surface area contributed by atoms with Crippen molar-refractivity contribution in [3.05, 3.63) is 11.7 Å².